The molecule has 2 amide bonds. The summed E-state index contributed by atoms with van der Waals surface area (Å²) in [5.74, 6) is -0.475. The van der Waals surface area contributed by atoms with E-state index in [0.29, 0.717) is 58.5 Å². The Hall–Kier alpha value is -2.75. The van der Waals surface area contributed by atoms with Gasteiger partial charge in [0.05, 0.1) is 30.5 Å². The van der Waals surface area contributed by atoms with Gasteiger partial charge in [0.2, 0.25) is 5.91 Å². The van der Waals surface area contributed by atoms with Crippen molar-refractivity contribution >= 4 is 55.7 Å². The van der Waals surface area contributed by atoms with Crippen molar-refractivity contribution < 1.29 is 28.0 Å². The molecule has 2 unspecified atom stereocenters. The van der Waals surface area contributed by atoms with Gasteiger partial charge in [0.15, 0.2) is 10.0 Å². The Balaban J connectivity index is 1.28. The van der Waals surface area contributed by atoms with Crippen LogP contribution in [0, 0.1) is 0 Å². The number of nitrogens with zero attached hydrogens (tertiary/aromatic N) is 5. The van der Waals surface area contributed by atoms with E-state index in [4.69, 9.17) is 16.3 Å². The zero-order valence-corrected chi connectivity index (χ0v) is 24.8. The summed E-state index contributed by atoms with van der Waals surface area (Å²) >= 11 is 7.41. The molecular formula is C26H31ClN6O6S2. The second-order valence-corrected chi connectivity index (χ2v) is 14.0. The molecular weight excluding hydrogens is 592 g/mol. The molecule has 2 saturated heterocycles. The molecule has 2 N–H and O–H groups in total. The number of benzene rings is 1. The Labute approximate surface area is 246 Å². The number of aromatic nitrogens is 2. The van der Waals surface area contributed by atoms with Crippen molar-refractivity contribution in [3.63, 3.8) is 0 Å². The zero-order chi connectivity index (χ0) is 28.9. The highest BCUT2D eigenvalue weighted by molar-refractivity contribution is 7.89. The van der Waals surface area contributed by atoms with E-state index in [-0.39, 0.29) is 48.9 Å². The van der Waals surface area contributed by atoms with Gasteiger partial charge in [-0.1, -0.05) is 11.6 Å². The maximum atomic E-state index is 13.8. The number of amides is 2. The lowest BCUT2D eigenvalue weighted by Gasteiger charge is -2.41. The van der Waals surface area contributed by atoms with Gasteiger partial charge in [-0.2, -0.15) is 9.04 Å². The van der Waals surface area contributed by atoms with Gasteiger partial charge in [-0.15, -0.1) is 11.3 Å². The summed E-state index contributed by atoms with van der Waals surface area (Å²) in [4.78, 5) is 36.0. The molecule has 12 nitrogen and oxygen atoms in total. The molecule has 0 aliphatic carbocycles. The summed E-state index contributed by atoms with van der Waals surface area (Å²) in [7, 11) is -4.18. The fourth-order valence-corrected chi connectivity index (χ4v) is 8.34. The third-order valence-electron chi connectivity index (χ3n) is 7.86. The first-order chi connectivity index (χ1) is 19.6. The summed E-state index contributed by atoms with van der Waals surface area (Å²) in [6.07, 6.45) is 0.684. The Bertz CT molecular complexity index is 1600. The molecule has 5 heterocycles. The van der Waals surface area contributed by atoms with Crippen molar-refractivity contribution in [1.82, 2.24) is 29.1 Å². The lowest BCUT2D eigenvalue weighted by molar-refractivity contribution is -0.136. The molecule has 2 aromatic heterocycles. The van der Waals surface area contributed by atoms with Crippen molar-refractivity contribution in [2.75, 3.05) is 45.9 Å². The third kappa shape index (κ3) is 5.44. The van der Waals surface area contributed by atoms with E-state index in [0.717, 1.165) is 17.0 Å². The largest absolute Gasteiger partial charge is 0.427 e. The zero-order valence-electron chi connectivity index (χ0n) is 22.5. The number of hydrogen-bond acceptors (Lipinski definition) is 9. The molecule has 15 heteroatoms. The van der Waals surface area contributed by atoms with Crippen molar-refractivity contribution in [3.8, 4) is 0 Å². The molecule has 1 aromatic carbocycles. The average molecular weight is 623 g/mol. The van der Waals surface area contributed by atoms with Crippen LogP contribution in [0.25, 0.3) is 10.9 Å². The third-order valence-corrected chi connectivity index (χ3v) is 11.0. The van der Waals surface area contributed by atoms with E-state index in [2.05, 4.69) is 17.2 Å². The second kappa shape index (κ2) is 11.2. The number of carbonyl (C=O) groups excluding carboxylic acids is 2. The summed E-state index contributed by atoms with van der Waals surface area (Å²) in [6.45, 7) is 4.44. The number of thiazole rings is 1. The van der Waals surface area contributed by atoms with Crippen LogP contribution < -0.4 is 5.32 Å². The first kappa shape index (κ1) is 28.4. The highest BCUT2D eigenvalue weighted by atomic mass is 35.5. The van der Waals surface area contributed by atoms with Gasteiger partial charge in [0.1, 0.15) is 0 Å². The lowest BCUT2D eigenvalue weighted by atomic mass is 10.1. The maximum absolute atomic E-state index is 13.8. The van der Waals surface area contributed by atoms with Crippen LogP contribution in [0.5, 0.6) is 0 Å². The van der Waals surface area contributed by atoms with Crippen molar-refractivity contribution in [2.45, 2.75) is 43.4 Å². The highest BCUT2D eigenvalue weighted by Gasteiger charge is 2.40. The molecule has 220 valence electrons. The highest BCUT2D eigenvalue weighted by Crippen LogP contribution is 2.30. The van der Waals surface area contributed by atoms with Crippen LogP contribution in [-0.4, -0.2) is 107 Å². The van der Waals surface area contributed by atoms with E-state index in [1.54, 1.807) is 28.0 Å². The van der Waals surface area contributed by atoms with Crippen LogP contribution in [0.1, 0.15) is 33.7 Å². The van der Waals surface area contributed by atoms with Crippen LogP contribution in [0.15, 0.2) is 29.3 Å². The Morgan fingerprint density at radius 3 is 2.76 bits per heavy atom. The van der Waals surface area contributed by atoms with Gasteiger partial charge in [-0.05, 0) is 31.2 Å². The monoisotopic (exact) mass is 622 g/mol. The fraction of sp³-hybridized carbons (Fsp3) is 0.500. The molecule has 0 saturated carbocycles. The first-order valence-electron chi connectivity index (χ1n) is 13.5. The number of morpholine rings is 1. The van der Waals surface area contributed by atoms with Crippen LogP contribution in [0.2, 0.25) is 5.02 Å². The number of sulfonamides is 1. The number of ether oxygens (including phenoxy) is 1. The molecule has 0 bridgehead atoms. The molecule has 2 atom stereocenters. The number of rotatable bonds is 5. The van der Waals surface area contributed by atoms with E-state index < -0.39 is 16.1 Å². The van der Waals surface area contributed by atoms with E-state index in [1.165, 1.54) is 21.7 Å². The van der Waals surface area contributed by atoms with Gasteiger partial charge in [0, 0.05) is 73.4 Å². The Kier molecular flexibility index (Phi) is 7.72. The minimum absolute atomic E-state index is 0.00226. The van der Waals surface area contributed by atoms with Crippen LogP contribution in [0.4, 0.5) is 0 Å². The molecule has 3 aliphatic heterocycles. The van der Waals surface area contributed by atoms with Gasteiger partial charge in [-0.25, -0.2) is 13.4 Å². The van der Waals surface area contributed by atoms with Gasteiger partial charge in [0.25, 0.3) is 15.9 Å². The molecule has 3 aliphatic rings. The first-order valence-corrected chi connectivity index (χ1v) is 16.1. The van der Waals surface area contributed by atoms with E-state index >= 15 is 0 Å². The van der Waals surface area contributed by atoms with Crippen LogP contribution in [-0.2, 0) is 32.5 Å². The second-order valence-electron chi connectivity index (χ2n) is 10.6. The summed E-state index contributed by atoms with van der Waals surface area (Å²) in [5.41, 5.74) is 1.21. The van der Waals surface area contributed by atoms with Gasteiger partial charge >= 0.3 is 0 Å². The number of carbonyl (C=O) groups is 2. The summed E-state index contributed by atoms with van der Waals surface area (Å²) in [6, 6.07) is 5.60. The number of hydrogen-bond donors (Lipinski definition) is 2. The molecule has 6 rings (SSSR count). The normalized spacial score (nSPS) is 22.2. The van der Waals surface area contributed by atoms with Crippen molar-refractivity contribution in [1.29, 1.82) is 0 Å². The lowest BCUT2D eigenvalue weighted by Crippen LogP contribution is -2.58. The smallest absolute Gasteiger partial charge is 0.283 e. The van der Waals surface area contributed by atoms with Crippen molar-refractivity contribution in [2.24, 2.45) is 0 Å². The SMILES string of the molecule is CC1Cc2nc(C(=O)N3CCN(S(=O)(=O)c4cc5cc(Cl)ccc5n4O)CC3CC(=O)N3CCOCC3)sc2CN1. The minimum atomic E-state index is -4.18. The Morgan fingerprint density at radius 2 is 1.98 bits per heavy atom. The van der Waals surface area contributed by atoms with Crippen molar-refractivity contribution in [3.05, 3.63) is 44.9 Å². The van der Waals surface area contributed by atoms with Crippen LogP contribution in [0.3, 0.4) is 0 Å². The standard InChI is InChI=1S/C26H31ClN6O6S2/c1-16-10-20-22(14-28-16)40-25(29-20)26(35)32-5-4-31(15-19(32)13-23(34)30-6-8-39-9-7-30)41(37,38)24-12-17-11-18(27)2-3-21(17)33(24)36/h2-3,11-12,16,19,28,36H,4-10,13-15H2,1H3. The molecule has 0 radical (unpaired) electrons. The minimum Gasteiger partial charge on any atom is -0.427 e. The number of fused-ring (bicyclic) bond motifs is 2. The topological polar surface area (TPSA) is 137 Å². The molecule has 2 fully saturated rings. The van der Waals surface area contributed by atoms with Gasteiger partial charge in [-0.3, -0.25) is 9.59 Å². The maximum Gasteiger partial charge on any atom is 0.283 e. The predicted octanol–water partition coefficient (Wildman–Crippen LogP) is 1.79. The molecule has 41 heavy (non-hydrogen) atoms. The number of halogens is 1. The van der Waals surface area contributed by atoms with Gasteiger partial charge < -0.3 is 25.1 Å². The molecule has 0 spiro atoms. The number of nitrogens with one attached hydrogen (secondary N) is 1. The predicted molar refractivity (Wildman–Crippen MR) is 152 cm³/mol. The Morgan fingerprint density at radius 1 is 1.20 bits per heavy atom. The quantitative estimate of drug-likeness (QED) is 0.411. The average Bonchev–Trinajstić information content (AvgIpc) is 3.53. The molecule has 3 aromatic rings. The van der Waals surface area contributed by atoms with E-state index in [1.807, 2.05) is 0 Å². The van der Waals surface area contributed by atoms with E-state index in [9.17, 15) is 23.2 Å². The fourth-order valence-electron chi connectivity index (χ4n) is 5.62. The number of piperazine rings is 1. The van der Waals surface area contributed by atoms with Crippen LogP contribution >= 0.6 is 22.9 Å². The summed E-state index contributed by atoms with van der Waals surface area (Å²) in [5, 5.41) is 15.0. The summed E-state index contributed by atoms with van der Waals surface area (Å²) < 4.78 is 34.8.